The van der Waals surface area contributed by atoms with Crippen LogP contribution in [0.15, 0.2) is 36.7 Å². The third-order valence-electron chi connectivity index (χ3n) is 4.85. The number of hydrogen-bond acceptors (Lipinski definition) is 6. The molecule has 0 amide bonds. The maximum atomic E-state index is 5.83. The lowest BCUT2D eigenvalue weighted by Gasteiger charge is -2.32. The Morgan fingerprint density at radius 2 is 2.08 bits per heavy atom. The minimum Gasteiger partial charge on any atom is -0.350 e. The molecule has 126 valence electrons. The van der Waals surface area contributed by atoms with E-state index >= 15 is 0 Å². The molecule has 0 aliphatic heterocycles. The van der Waals surface area contributed by atoms with Gasteiger partial charge in [-0.2, -0.15) is 0 Å². The molecule has 3 heterocycles. The Kier molecular flexibility index (Phi) is 3.01. The zero-order valence-electron chi connectivity index (χ0n) is 13.8. The third kappa shape index (κ3) is 2.33. The van der Waals surface area contributed by atoms with Crippen LogP contribution in [0.25, 0.3) is 27.7 Å². The maximum Gasteiger partial charge on any atom is 0.241 e. The lowest BCUT2D eigenvalue weighted by Crippen LogP contribution is -2.44. The van der Waals surface area contributed by atoms with Gasteiger partial charge in [0.2, 0.25) is 5.95 Å². The molecule has 1 saturated carbocycles. The summed E-state index contributed by atoms with van der Waals surface area (Å²) in [6.07, 6.45) is 5.75. The van der Waals surface area contributed by atoms with E-state index in [1.807, 2.05) is 36.1 Å². The predicted octanol–water partition coefficient (Wildman–Crippen LogP) is 1.58. The van der Waals surface area contributed by atoms with Gasteiger partial charge in [0.25, 0.3) is 0 Å². The first-order valence-electron chi connectivity index (χ1n) is 8.34. The van der Waals surface area contributed by atoms with Crippen LogP contribution in [0.3, 0.4) is 0 Å². The second kappa shape index (κ2) is 5.25. The van der Waals surface area contributed by atoms with Crippen LogP contribution < -0.4 is 11.1 Å². The van der Waals surface area contributed by atoms with Crippen molar-refractivity contribution in [2.45, 2.75) is 24.9 Å². The van der Waals surface area contributed by atoms with Crippen molar-refractivity contribution >= 4 is 22.5 Å². The maximum absolute atomic E-state index is 5.83. The molecular weight excluding hydrogens is 316 g/mol. The predicted molar refractivity (Wildman–Crippen MR) is 95.1 cm³/mol. The Morgan fingerprint density at radius 1 is 1.20 bits per heavy atom. The first-order valence-corrected chi connectivity index (χ1v) is 8.34. The Labute approximate surface area is 143 Å². The van der Waals surface area contributed by atoms with Crippen LogP contribution >= 0.6 is 0 Å². The van der Waals surface area contributed by atoms with Gasteiger partial charge in [-0.15, -0.1) is 10.2 Å². The van der Waals surface area contributed by atoms with E-state index in [1.165, 1.54) is 0 Å². The molecule has 0 atom stereocenters. The van der Waals surface area contributed by atoms with E-state index in [4.69, 9.17) is 5.73 Å². The second-order valence-electron chi connectivity index (χ2n) is 6.63. The number of nitrogens with zero attached hydrogens (tertiary/aromatic N) is 6. The molecule has 0 radical (unpaired) electrons. The molecule has 1 aliphatic rings. The van der Waals surface area contributed by atoms with Crippen LogP contribution in [0.4, 0.5) is 5.95 Å². The van der Waals surface area contributed by atoms with Crippen molar-refractivity contribution in [2.75, 3.05) is 5.32 Å². The number of hydrogen-bond donors (Lipinski definition) is 2. The fourth-order valence-corrected chi connectivity index (χ4v) is 3.37. The van der Waals surface area contributed by atoms with Gasteiger partial charge in [0.05, 0.1) is 17.2 Å². The lowest BCUT2D eigenvalue weighted by molar-refractivity contribution is 0.371. The summed E-state index contributed by atoms with van der Waals surface area (Å²) in [5.74, 6) is 0.637. The van der Waals surface area contributed by atoms with Crippen molar-refractivity contribution in [3.8, 4) is 11.1 Å². The van der Waals surface area contributed by atoms with Crippen molar-refractivity contribution < 1.29 is 0 Å². The largest absolute Gasteiger partial charge is 0.350 e. The third-order valence-corrected chi connectivity index (χ3v) is 4.85. The van der Waals surface area contributed by atoms with E-state index in [9.17, 15) is 0 Å². The zero-order valence-corrected chi connectivity index (χ0v) is 13.8. The Bertz CT molecular complexity index is 1070. The van der Waals surface area contributed by atoms with Crippen molar-refractivity contribution in [2.24, 2.45) is 12.8 Å². The minimum atomic E-state index is 0.302. The summed E-state index contributed by atoms with van der Waals surface area (Å²) < 4.78 is 3.63. The molecule has 3 aromatic heterocycles. The Morgan fingerprint density at radius 3 is 2.92 bits per heavy atom. The van der Waals surface area contributed by atoms with Crippen molar-refractivity contribution in [3.63, 3.8) is 0 Å². The SMILES string of the molecule is Cn1nnc2ccc(-c3ccn4nc(NC5CC(N)C5)ncc34)cc21. The van der Waals surface area contributed by atoms with Gasteiger partial charge in [-0.05, 0) is 36.6 Å². The van der Waals surface area contributed by atoms with Gasteiger partial charge in [0.1, 0.15) is 5.52 Å². The molecule has 8 heteroatoms. The van der Waals surface area contributed by atoms with Gasteiger partial charge in [-0.3, -0.25) is 0 Å². The number of anilines is 1. The molecule has 0 saturated heterocycles. The quantitative estimate of drug-likeness (QED) is 0.590. The summed E-state index contributed by atoms with van der Waals surface area (Å²) in [6, 6.07) is 8.86. The van der Waals surface area contributed by atoms with Crippen LogP contribution in [0, 0.1) is 0 Å². The second-order valence-corrected chi connectivity index (χ2v) is 6.63. The topological polar surface area (TPSA) is 99.0 Å². The number of aryl methyl sites for hydroxylation is 1. The smallest absolute Gasteiger partial charge is 0.241 e. The molecule has 25 heavy (non-hydrogen) atoms. The highest BCUT2D eigenvalue weighted by Gasteiger charge is 2.26. The molecule has 0 bridgehead atoms. The average molecular weight is 334 g/mol. The fraction of sp³-hybridized carbons (Fsp3) is 0.294. The first-order chi connectivity index (χ1) is 12.2. The van der Waals surface area contributed by atoms with Crippen LogP contribution in [0.5, 0.6) is 0 Å². The van der Waals surface area contributed by atoms with Gasteiger partial charge in [-0.25, -0.2) is 14.2 Å². The van der Waals surface area contributed by atoms with E-state index in [-0.39, 0.29) is 0 Å². The van der Waals surface area contributed by atoms with Crippen LogP contribution in [-0.4, -0.2) is 41.7 Å². The highest BCUT2D eigenvalue weighted by atomic mass is 15.4. The minimum absolute atomic E-state index is 0.302. The lowest BCUT2D eigenvalue weighted by atomic mass is 9.88. The van der Waals surface area contributed by atoms with Gasteiger partial charge in [0, 0.05) is 30.9 Å². The van der Waals surface area contributed by atoms with Gasteiger partial charge in [-0.1, -0.05) is 11.3 Å². The molecule has 3 N–H and O–H groups in total. The normalized spacial score (nSPS) is 20.1. The highest BCUT2D eigenvalue weighted by molar-refractivity contribution is 5.87. The molecule has 4 aromatic rings. The molecule has 1 aromatic carbocycles. The monoisotopic (exact) mass is 334 g/mol. The highest BCUT2D eigenvalue weighted by Crippen LogP contribution is 2.28. The van der Waals surface area contributed by atoms with Crippen molar-refractivity contribution in [1.82, 2.24) is 29.6 Å². The molecular formula is C17H18N8. The van der Waals surface area contributed by atoms with E-state index in [1.54, 1.807) is 4.68 Å². The summed E-state index contributed by atoms with van der Waals surface area (Å²) in [5.41, 5.74) is 10.8. The molecule has 8 nitrogen and oxygen atoms in total. The number of fused-ring (bicyclic) bond motifs is 2. The number of nitrogens with one attached hydrogen (secondary N) is 1. The van der Waals surface area contributed by atoms with E-state index < -0.39 is 0 Å². The average Bonchev–Trinajstić information content (AvgIpc) is 3.17. The number of rotatable bonds is 3. The standard InChI is InChI=1S/C17H18N8/c1-24-15-6-10(2-3-14(15)21-23-24)13-4-5-25-16(13)9-19-17(22-25)20-12-7-11(18)8-12/h2-6,9,11-12H,7-8,18H2,1H3,(H,20,22). The molecule has 5 rings (SSSR count). The Balaban J connectivity index is 1.51. The van der Waals surface area contributed by atoms with Gasteiger partial charge < -0.3 is 11.1 Å². The zero-order chi connectivity index (χ0) is 17.0. The molecule has 0 unspecified atom stereocenters. The van der Waals surface area contributed by atoms with Gasteiger partial charge in [0.15, 0.2) is 0 Å². The number of aromatic nitrogens is 6. The summed E-state index contributed by atoms with van der Waals surface area (Å²) >= 11 is 0. The van der Waals surface area contributed by atoms with Crippen LogP contribution in [-0.2, 0) is 7.05 Å². The summed E-state index contributed by atoms with van der Waals surface area (Å²) in [6.45, 7) is 0. The number of benzene rings is 1. The fourth-order valence-electron chi connectivity index (χ4n) is 3.37. The first kappa shape index (κ1) is 14.4. The van der Waals surface area contributed by atoms with Crippen LogP contribution in [0.1, 0.15) is 12.8 Å². The van der Waals surface area contributed by atoms with Crippen molar-refractivity contribution in [3.05, 3.63) is 36.7 Å². The van der Waals surface area contributed by atoms with Crippen LogP contribution in [0.2, 0.25) is 0 Å². The van der Waals surface area contributed by atoms with Gasteiger partial charge >= 0.3 is 0 Å². The molecule has 1 aliphatic carbocycles. The molecule has 1 fully saturated rings. The Hall–Kier alpha value is -3.00. The molecule has 0 spiro atoms. The van der Waals surface area contributed by atoms with Crippen molar-refractivity contribution in [1.29, 1.82) is 0 Å². The van der Waals surface area contributed by atoms with E-state index in [0.717, 1.165) is 40.5 Å². The van der Waals surface area contributed by atoms with E-state index in [2.05, 4.69) is 37.8 Å². The summed E-state index contributed by atoms with van der Waals surface area (Å²) in [5, 5.41) is 16.1. The van der Waals surface area contributed by atoms with E-state index in [0.29, 0.717) is 18.0 Å². The number of nitrogens with two attached hydrogens (primary N) is 1. The summed E-state index contributed by atoms with van der Waals surface area (Å²) in [4.78, 5) is 4.47. The summed E-state index contributed by atoms with van der Waals surface area (Å²) in [7, 11) is 1.89.